The molecule has 1 atom stereocenters. The predicted molar refractivity (Wildman–Crippen MR) is 73.2 cm³/mol. The van der Waals surface area contributed by atoms with Crippen molar-refractivity contribution < 1.29 is 0 Å². The van der Waals surface area contributed by atoms with Gasteiger partial charge in [0.2, 0.25) is 0 Å². The molecule has 2 heteroatoms. The summed E-state index contributed by atoms with van der Waals surface area (Å²) in [6.07, 6.45) is 2.37. The topological polar surface area (TPSA) is 15.3 Å². The Bertz CT molecular complexity index is 349. The molecule has 0 aromatic heterocycles. The number of nitrogens with zero attached hydrogens (tertiary/aromatic N) is 1. The van der Waals surface area contributed by atoms with E-state index < -0.39 is 0 Å². The molecule has 1 fully saturated rings. The molecular formula is C15H24N2. The van der Waals surface area contributed by atoms with Crippen molar-refractivity contribution in [3.05, 3.63) is 35.4 Å². The molecule has 0 saturated carbocycles. The van der Waals surface area contributed by atoms with E-state index >= 15 is 0 Å². The molecule has 94 valence electrons. The molecule has 1 aromatic carbocycles. The van der Waals surface area contributed by atoms with E-state index in [1.807, 2.05) is 0 Å². The maximum Gasteiger partial charge on any atom is 0.0237 e. The van der Waals surface area contributed by atoms with Crippen molar-refractivity contribution in [3.8, 4) is 0 Å². The highest BCUT2D eigenvalue weighted by Gasteiger charge is 2.18. The molecule has 0 spiro atoms. The number of rotatable bonds is 4. The first kappa shape index (κ1) is 12.6. The second kappa shape index (κ2) is 6.18. The van der Waals surface area contributed by atoms with E-state index in [1.165, 1.54) is 30.6 Å². The average molecular weight is 232 g/mol. The fraction of sp³-hybridized carbons (Fsp3) is 0.600. The first-order chi connectivity index (χ1) is 8.33. The van der Waals surface area contributed by atoms with Gasteiger partial charge in [-0.15, -0.1) is 0 Å². The van der Waals surface area contributed by atoms with Crippen LogP contribution in [0.2, 0.25) is 0 Å². The molecule has 1 heterocycles. The van der Waals surface area contributed by atoms with Crippen LogP contribution >= 0.6 is 0 Å². The maximum absolute atomic E-state index is 3.57. The van der Waals surface area contributed by atoms with E-state index in [2.05, 4.69) is 48.3 Å². The third-order valence-corrected chi connectivity index (χ3v) is 3.73. The Balaban J connectivity index is 2.00. The molecule has 1 aliphatic rings. The summed E-state index contributed by atoms with van der Waals surface area (Å²) in [5.41, 5.74) is 3.01. The number of hydrogen-bond donors (Lipinski definition) is 1. The molecule has 1 saturated heterocycles. The van der Waals surface area contributed by atoms with Gasteiger partial charge in [0.1, 0.15) is 0 Å². The van der Waals surface area contributed by atoms with E-state index in [0.717, 1.165) is 19.5 Å². The van der Waals surface area contributed by atoms with E-state index in [1.54, 1.807) is 0 Å². The lowest BCUT2D eigenvalue weighted by Crippen LogP contribution is -2.49. The van der Waals surface area contributed by atoms with Gasteiger partial charge in [-0.25, -0.2) is 0 Å². The van der Waals surface area contributed by atoms with Crippen LogP contribution in [0.25, 0.3) is 0 Å². The van der Waals surface area contributed by atoms with Gasteiger partial charge in [-0.05, 0) is 24.0 Å². The lowest BCUT2D eigenvalue weighted by Gasteiger charge is -2.33. The summed E-state index contributed by atoms with van der Waals surface area (Å²) < 4.78 is 0. The zero-order valence-corrected chi connectivity index (χ0v) is 11.1. The van der Waals surface area contributed by atoms with E-state index in [-0.39, 0.29) is 0 Å². The smallest absolute Gasteiger partial charge is 0.0237 e. The highest BCUT2D eigenvalue weighted by Crippen LogP contribution is 2.14. The standard InChI is InChI=1S/C15H24N2/c1-3-13-7-5-6-8-14(13)11-17-10-9-16-15(4-2)12-17/h5-8,15-16H,3-4,9-12H2,1-2H3. The molecule has 1 unspecified atom stereocenters. The van der Waals surface area contributed by atoms with Crippen molar-refractivity contribution >= 4 is 0 Å². The second-order valence-electron chi connectivity index (χ2n) is 4.92. The maximum atomic E-state index is 3.57. The Kier molecular flexibility index (Phi) is 4.57. The molecule has 1 aromatic rings. The fourth-order valence-corrected chi connectivity index (χ4v) is 2.61. The van der Waals surface area contributed by atoms with Gasteiger partial charge < -0.3 is 5.32 Å². The molecule has 17 heavy (non-hydrogen) atoms. The van der Waals surface area contributed by atoms with Crippen LogP contribution in [0.3, 0.4) is 0 Å². The van der Waals surface area contributed by atoms with Crippen LogP contribution in [0, 0.1) is 0 Å². The quantitative estimate of drug-likeness (QED) is 0.857. The van der Waals surface area contributed by atoms with Crippen molar-refractivity contribution in [1.29, 1.82) is 0 Å². The first-order valence-corrected chi connectivity index (χ1v) is 6.86. The van der Waals surface area contributed by atoms with Gasteiger partial charge in [0.05, 0.1) is 0 Å². The zero-order chi connectivity index (χ0) is 12.1. The van der Waals surface area contributed by atoms with Gasteiger partial charge >= 0.3 is 0 Å². The molecule has 0 aliphatic carbocycles. The Morgan fingerprint density at radius 3 is 2.71 bits per heavy atom. The minimum Gasteiger partial charge on any atom is -0.311 e. The Labute approximate surface area is 105 Å². The van der Waals surface area contributed by atoms with Crippen LogP contribution in [-0.2, 0) is 13.0 Å². The summed E-state index contributed by atoms with van der Waals surface area (Å²) in [4.78, 5) is 2.58. The molecule has 0 amide bonds. The van der Waals surface area contributed by atoms with E-state index in [4.69, 9.17) is 0 Å². The minimum absolute atomic E-state index is 0.678. The average Bonchev–Trinajstić information content (AvgIpc) is 2.39. The van der Waals surface area contributed by atoms with Crippen LogP contribution in [0.5, 0.6) is 0 Å². The molecule has 0 bridgehead atoms. The summed E-state index contributed by atoms with van der Waals surface area (Å²) >= 11 is 0. The largest absolute Gasteiger partial charge is 0.311 e. The van der Waals surface area contributed by atoms with Gasteiger partial charge in [-0.1, -0.05) is 38.1 Å². The Morgan fingerprint density at radius 2 is 2.00 bits per heavy atom. The molecule has 1 N–H and O–H groups in total. The van der Waals surface area contributed by atoms with Crippen molar-refractivity contribution in [1.82, 2.24) is 10.2 Å². The van der Waals surface area contributed by atoms with Crippen LogP contribution in [0.15, 0.2) is 24.3 Å². The van der Waals surface area contributed by atoms with Gasteiger partial charge in [0, 0.05) is 32.2 Å². The van der Waals surface area contributed by atoms with Gasteiger partial charge in [0.15, 0.2) is 0 Å². The summed E-state index contributed by atoms with van der Waals surface area (Å²) in [5, 5.41) is 3.57. The van der Waals surface area contributed by atoms with Crippen LogP contribution in [-0.4, -0.2) is 30.6 Å². The van der Waals surface area contributed by atoms with Gasteiger partial charge in [-0.3, -0.25) is 4.90 Å². The lowest BCUT2D eigenvalue weighted by atomic mass is 10.0. The van der Waals surface area contributed by atoms with E-state index in [0.29, 0.717) is 6.04 Å². The van der Waals surface area contributed by atoms with Gasteiger partial charge in [0.25, 0.3) is 0 Å². The summed E-state index contributed by atoms with van der Waals surface area (Å²) in [6, 6.07) is 9.53. The predicted octanol–water partition coefficient (Wildman–Crippen LogP) is 2.43. The van der Waals surface area contributed by atoms with Crippen molar-refractivity contribution in [2.45, 2.75) is 39.3 Å². The lowest BCUT2D eigenvalue weighted by molar-refractivity contribution is 0.189. The normalized spacial score (nSPS) is 21.6. The van der Waals surface area contributed by atoms with E-state index in [9.17, 15) is 0 Å². The zero-order valence-electron chi connectivity index (χ0n) is 11.1. The third-order valence-electron chi connectivity index (χ3n) is 3.73. The number of aryl methyl sites for hydroxylation is 1. The van der Waals surface area contributed by atoms with Crippen LogP contribution in [0.1, 0.15) is 31.4 Å². The highest BCUT2D eigenvalue weighted by atomic mass is 15.2. The van der Waals surface area contributed by atoms with Crippen LogP contribution in [0.4, 0.5) is 0 Å². The number of benzene rings is 1. The number of hydrogen-bond acceptors (Lipinski definition) is 2. The Morgan fingerprint density at radius 1 is 1.24 bits per heavy atom. The molecule has 1 aliphatic heterocycles. The minimum atomic E-state index is 0.678. The first-order valence-electron chi connectivity index (χ1n) is 6.86. The van der Waals surface area contributed by atoms with Crippen molar-refractivity contribution in [2.24, 2.45) is 0 Å². The molecule has 0 radical (unpaired) electrons. The number of nitrogens with one attached hydrogen (secondary N) is 1. The summed E-state index contributed by atoms with van der Waals surface area (Å²) in [6.45, 7) is 9.12. The Hall–Kier alpha value is -0.860. The highest BCUT2D eigenvalue weighted by molar-refractivity contribution is 5.27. The van der Waals surface area contributed by atoms with Crippen molar-refractivity contribution in [3.63, 3.8) is 0 Å². The molecule has 2 rings (SSSR count). The molecule has 2 nitrogen and oxygen atoms in total. The number of piperazine rings is 1. The van der Waals surface area contributed by atoms with Crippen molar-refractivity contribution in [2.75, 3.05) is 19.6 Å². The summed E-state index contributed by atoms with van der Waals surface area (Å²) in [5.74, 6) is 0. The SMILES string of the molecule is CCc1ccccc1CN1CCNC(CC)C1. The monoisotopic (exact) mass is 232 g/mol. The molecular weight excluding hydrogens is 208 g/mol. The second-order valence-corrected chi connectivity index (χ2v) is 4.92. The fourth-order valence-electron chi connectivity index (χ4n) is 2.61. The van der Waals surface area contributed by atoms with Gasteiger partial charge in [-0.2, -0.15) is 0 Å². The summed E-state index contributed by atoms with van der Waals surface area (Å²) in [7, 11) is 0. The third kappa shape index (κ3) is 3.30. The van der Waals surface area contributed by atoms with Crippen LogP contribution < -0.4 is 5.32 Å².